The summed E-state index contributed by atoms with van der Waals surface area (Å²) in [7, 11) is 0. The van der Waals surface area contributed by atoms with Crippen molar-refractivity contribution in [3.8, 4) is 0 Å². The van der Waals surface area contributed by atoms with Crippen LogP contribution in [0.4, 0.5) is 0 Å². The molecule has 0 spiro atoms. The number of fused-ring (bicyclic) bond motifs is 2. The first-order chi connectivity index (χ1) is 14.1. The number of aromatic amines is 1. The molecule has 150 valence electrons. The SMILES string of the molecule is CC(C)CCCC(=O)n1c(=O)n(CCc2c[nH]c3ccccc23)c2ccccc21. The number of benzene rings is 2. The Bertz CT molecular complexity index is 1210. The van der Waals surface area contributed by atoms with Gasteiger partial charge in [-0.25, -0.2) is 9.36 Å². The molecule has 0 unspecified atom stereocenters. The molecule has 0 aliphatic heterocycles. The van der Waals surface area contributed by atoms with Gasteiger partial charge in [-0.2, -0.15) is 0 Å². The van der Waals surface area contributed by atoms with Crippen molar-refractivity contribution in [3.63, 3.8) is 0 Å². The number of carbonyl (C=O) groups excluding carboxylic acids is 1. The average Bonchev–Trinajstić information content (AvgIpc) is 3.24. The van der Waals surface area contributed by atoms with Crippen LogP contribution >= 0.6 is 0 Å². The second-order valence-corrected chi connectivity index (χ2v) is 8.05. The number of rotatable bonds is 7. The molecule has 4 rings (SSSR count). The first kappa shape index (κ1) is 19.2. The van der Waals surface area contributed by atoms with E-state index in [4.69, 9.17) is 0 Å². The third-order valence-electron chi connectivity index (χ3n) is 5.54. The van der Waals surface area contributed by atoms with Crippen molar-refractivity contribution in [1.29, 1.82) is 0 Å². The van der Waals surface area contributed by atoms with Crippen molar-refractivity contribution >= 4 is 27.8 Å². The number of aryl methyl sites for hydroxylation is 2. The van der Waals surface area contributed by atoms with E-state index in [0.29, 0.717) is 24.4 Å². The predicted octanol–water partition coefficient (Wildman–Crippen LogP) is 4.99. The molecule has 0 aliphatic rings. The number of carbonyl (C=O) groups is 1. The van der Waals surface area contributed by atoms with Crippen molar-refractivity contribution in [2.24, 2.45) is 5.92 Å². The monoisotopic (exact) mass is 389 g/mol. The Kier molecular flexibility index (Phi) is 5.38. The minimum Gasteiger partial charge on any atom is -0.361 e. The van der Waals surface area contributed by atoms with Crippen LogP contribution in [0.3, 0.4) is 0 Å². The average molecular weight is 389 g/mol. The number of nitrogens with zero attached hydrogens (tertiary/aromatic N) is 2. The molecule has 0 saturated carbocycles. The lowest BCUT2D eigenvalue weighted by Gasteiger charge is -2.05. The fraction of sp³-hybridized carbons (Fsp3) is 0.333. The van der Waals surface area contributed by atoms with Crippen molar-refractivity contribution in [2.75, 3.05) is 0 Å². The molecule has 5 heteroatoms. The van der Waals surface area contributed by atoms with Crippen molar-refractivity contribution < 1.29 is 4.79 Å². The zero-order valence-electron chi connectivity index (χ0n) is 17.0. The standard InChI is InChI=1S/C24H27N3O2/c1-17(2)8-7-13-23(28)27-22-12-6-5-11-21(22)26(24(27)29)15-14-18-16-25-20-10-4-3-9-19(18)20/h3-6,9-12,16-17,25H,7-8,13-15H2,1-2H3. The summed E-state index contributed by atoms with van der Waals surface area (Å²) in [4.78, 5) is 29.3. The van der Waals surface area contributed by atoms with Gasteiger partial charge in [0.1, 0.15) is 0 Å². The normalized spacial score (nSPS) is 11.7. The van der Waals surface area contributed by atoms with Crippen LogP contribution in [0.1, 0.15) is 43.5 Å². The lowest BCUT2D eigenvalue weighted by molar-refractivity contribution is 0.0898. The Morgan fingerprint density at radius 1 is 1.03 bits per heavy atom. The quantitative estimate of drug-likeness (QED) is 0.484. The van der Waals surface area contributed by atoms with Crippen LogP contribution < -0.4 is 5.69 Å². The Morgan fingerprint density at radius 3 is 2.55 bits per heavy atom. The number of imidazole rings is 1. The van der Waals surface area contributed by atoms with Crippen LogP contribution in [-0.4, -0.2) is 20.0 Å². The molecule has 0 saturated heterocycles. The van der Waals surface area contributed by atoms with E-state index in [9.17, 15) is 9.59 Å². The Labute approximate surface area is 170 Å². The molecule has 29 heavy (non-hydrogen) atoms. The molecule has 0 bridgehead atoms. The van der Waals surface area contributed by atoms with Gasteiger partial charge in [-0.1, -0.05) is 50.6 Å². The summed E-state index contributed by atoms with van der Waals surface area (Å²) >= 11 is 0. The number of H-pyrrole nitrogens is 1. The summed E-state index contributed by atoms with van der Waals surface area (Å²) in [6.07, 6.45) is 4.91. The van der Waals surface area contributed by atoms with Gasteiger partial charge in [-0.15, -0.1) is 0 Å². The lowest BCUT2D eigenvalue weighted by Crippen LogP contribution is -2.29. The molecule has 5 nitrogen and oxygen atoms in total. The van der Waals surface area contributed by atoms with E-state index in [1.165, 1.54) is 15.5 Å². The smallest absolute Gasteiger partial charge is 0.335 e. The molecule has 0 fully saturated rings. The molecular formula is C24H27N3O2. The first-order valence-corrected chi connectivity index (χ1v) is 10.3. The summed E-state index contributed by atoms with van der Waals surface area (Å²) in [5.41, 5.74) is 3.55. The molecule has 0 aliphatic carbocycles. The Hall–Kier alpha value is -3.08. The minimum absolute atomic E-state index is 0.113. The van der Waals surface area contributed by atoms with E-state index >= 15 is 0 Å². The molecular weight excluding hydrogens is 362 g/mol. The third-order valence-corrected chi connectivity index (χ3v) is 5.54. The highest BCUT2D eigenvalue weighted by Crippen LogP contribution is 2.20. The summed E-state index contributed by atoms with van der Waals surface area (Å²) in [6, 6.07) is 15.7. The number of nitrogens with one attached hydrogen (secondary N) is 1. The molecule has 4 aromatic rings. The van der Waals surface area contributed by atoms with Crippen molar-refractivity contribution in [2.45, 2.75) is 46.1 Å². The number of para-hydroxylation sites is 3. The zero-order chi connectivity index (χ0) is 20.4. The predicted molar refractivity (Wildman–Crippen MR) is 118 cm³/mol. The highest BCUT2D eigenvalue weighted by molar-refractivity contribution is 5.90. The van der Waals surface area contributed by atoms with Gasteiger partial charge in [0.05, 0.1) is 11.0 Å². The van der Waals surface area contributed by atoms with Gasteiger partial charge >= 0.3 is 5.69 Å². The van der Waals surface area contributed by atoms with Crippen LogP contribution in [0.5, 0.6) is 0 Å². The van der Waals surface area contributed by atoms with Gasteiger partial charge in [0.2, 0.25) is 5.91 Å². The fourth-order valence-electron chi connectivity index (χ4n) is 4.01. The number of hydrogen-bond donors (Lipinski definition) is 1. The van der Waals surface area contributed by atoms with Gasteiger partial charge in [-0.05, 0) is 42.5 Å². The van der Waals surface area contributed by atoms with E-state index in [2.05, 4.69) is 24.9 Å². The van der Waals surface area contributed by atoms with Crippen LogP contribution in [0.25, 0.3) is 21.9 Å². The maximum atomic E-state index is 13.1. The molecule has 2 aromatic heterocycles. The van der Waals surface area contributed by atoms with E-state index in [1.807, 2.05) is 48.7 Å². The van der Waals surface area contributed by atoms with Crippen LogP contribution in [0.2, 0.25) is 0 Å². The molecule has 0 amide bonds. The van der Waals surface area contributed by atoms with Crippen LogP contribution in [0, 0.1) is 5.92 Å². The van der Waals surface area contributed by atoms with E-state index in [0.717, 1.165) is 30.3 Å². The summed E-state index contributed by atoms with van der Waals surface area (Å²) in [5, 5.41) is 1.18. The molecule has 0 radical (unpaired) electrons. The maximum Gasteiger partial charge on any atom is 0.335 e. The van der Waals surface area contributed by atoms with Crippen LogP contribution in [0.15, 0.2) is 59.5 Å². The number of hydrogen-bond acceptors (Lipinski definition) is 2. The fourth-order valence-corrected chi connectivity index (χ4v) is 4.01. The molecule has 0 atom stereocenters. The number of aromatic nitrogens is 3. The second kappa shape index (κ2) is 8.11. The van der Waals surface area contributed by atoms with Gasteiger partial charge in [0, 0.05) is 30.1 Å². The third kappa shape index (κ3) is 3.77. The van der Waals surface area contributed by atoms with Crippen molar-refractivity contribution in [1.82, 2.24) is 14.1 Å². The zero-order valence-corrected chi connectivity index (χ0v) is 17.0. The lowest BCUT2D eigenvalue weighted by atomic mass is 10.1. The second-order valence-electron chi connectivity index (χ2n) is 8.05. The van der Waals surface area contributed by atoms with E-state index < -0.39 is 0 Å². The highest BCUT2D eigenvalue weighted by Gasteiger charge is 2.18. The Balaban J connectivity index is 1.63. The summed E-state index contributed by atoms with van der Waals surface area (Å²) in [6.45, 7) is 4.83. The van der Waals surface area contributed by atoms with Gasteiger partial charge in [-0.3, -0.25) is 9.36 Å². The van der Waals surface area contributed by atoms with E-state index in [-0.39, 0.29) is 11.6 Å². The topological polar surface area (TPSA) is 59.8 Å². The summed E-state index contributed by atoms with van der Waals surface area (Å²) < 4.78 is 3.10. The van der Waals surface area contributed by atoms with Gasteiger partial charge in [0.15, 0.2) is 0 Å². The van der Waals surface area contributed by atoms with Gasteiger partial charge in [0.25, 0.3) is 0 Å². The minimum atomic E-state index is -0.236. The summed E-state index contributed by atoms with van der Waals surface area (Å²) in [5.74, 6) is 0.440. The molecule has 1 N–H and O–H groups in total. The van der Waals surface area contributed by atoms with Crippen molar-refractivity contribution in [3.05, 3.63) is 70.8 Å². The molecule has 2 heterocycles. The van der Waals surface area contributed by atoms with E-state index in [1.54, 1.807) is 4.57 Å². The van der Waals surface area contributed by atoms with Gasteiger partial charge < -0.3 is 4.98 Å². The maximum absolute atomic E-state index is 13.1. The molecule has 2 aromatic carbocycles. The Morgan fingerprint density at radius 2 is 1.76 bits per heavy atom. The first-order valence-electron chi connectivity index (χ1n) is 10.3. The highest BCUT2D eigenvalue weighted by atomic mass is 16.2. The van der Waals surface area contributed by atoms with Crippen LogP contribution in [-0.2, 0) is 13.0 Å². The largest absolute Gasteiger partial charge is 0.361 e.